The molecule has 0 radical (unpaired) electrons. The van der Waals surface area contributed by atoms with Gasteiger partial charge in [-0.3, -0.25) is 9.59 Å². The molecule has 1 aliphatic heterocycles. The highest BCUT2D eigenvalue weighted by atomic mass is 35.5. The van der Waals surface area contributed by atoms with E-state index in [4.69, 9.17) is 17.3 Å². The molecular weight excluding hydrogens is 330 g/mol. The first-order chi connectivity index (χ1) is 11.5. The molecule has 1 saturated heterocycles. The van der Waals surface area contributed by atoms with E-state index in [1.807, 2.05) is 19.1 Å². The van der Waals surface area contributed by atoms with Crippen molar-refractivity contribution >= 4 is 23.4 Å². The molecule has 1 fully saturated rings. The molecule has 24 heavy (non-hydrogen) atoms. The Bertz CT molecular complexity index is 789. The molecular formula is C16H18ClN5O2. The van der Waals surface area contributed by atoms with E-state index >= 15 is 0 Å². The van der Waals surface area contributed by atoms with Crippen LogP contribution < -0.4 is 5.73 Å². The molecule has 2 amide bonds. The maximum atomic E-state index is 12.4. The smallest absolute Gasteiger partial charge is 0.228 e. The topological polar surface area (TPSA) is 94.1 Å². The average Bonchev–Trinajstić information content (AvgIpc) is 3.15. The van der Waals surface area contributed by atoms with Crippen molar-refractivity contribution < 1.29 is 9.59 Å². The summed E-state index contributed by atoms with van der Waals surface area (Å²) in [5, 5.41) is 8.84. The Kier molecular flexibility index (Phi) is 4.53. The number of hydrogen-bond donors (Lipinski definition) is 1. The van der Waals surface area contributed by atoms with Gasteiger partial charge in [0.15, 0.2) is 0 Å². The fourth-order valence-electron chi connectivity index (χ4n) is 2.85. The summed E-state index contributed by atoms with van der Waals surface area (Å²) in [6, 6.07) is 7.27. The third-order valence-corrected chi connectivity index (χ3v) is 4.54. The lowest BCUT2D eigenvalue weighted by Gasteiger charge is -2.15. The number of nitrogens with zero attached hydrogens (tertiary/aromatic N) is 4. The molecule has 3 rings (SSSR count). The van der Waals surface area contributed by atoms with Crippen LogP contribution in [0.2, 0.25) is 5.02 Å². The number of aromatic nitrogens is 3. The van der Waals surface area contributed by atoms with Crippen molar-refractivity contribution in [3.8, 4) is 5.69 Å². The number of carbonyl (C=O) groups excluding carboxylic acids is 2. The molecule has 2 N–H and O–H groups in total. The van der Waals surface area contributed by atoms with E-state index in [0.717, 1.165) is 11.4 Å². The van der Waals surface area contributed by atoms with E-state index in [-0.39, 0.29) is 24.2 Å². The molecule has 0 saturated carbocycles. The molecule has 126 valence electrons. The van der Waals surface area contributed by atoms with Gasteiger partial charge in [0.05, 0.1) is 29.4 Å². The van der Waals surface area contributed by atoms with Crippen LogP contribution in [0.15, 0.2) is 24.3 Å². The van der Waals surface area contributed by atoms with Gasteiger partial charge in [-0.15, -0.1) is 5.10 Å². The highest BCUT2D eigenvalue weighted by Gasteiger charge is 2.30. The van der Waals surface area contributed by atoms with Gasteiger partial charge in [0.2, 0.25) is 11.8 Å². The quantitative estimate of drug-likeness (QED) is 0.896. The van der Waals surface area contributed by atoms with Crippen LogP contribution >= 0.6 is 11.6 Å². The van der Waals surface area contributed by atoms with E-state index in [9.17, 15) is 9.59 Å². The van der Waals surface area contributed by atoms with Gasteiger partial charge in [0.1, 0.15) is 0 Å². The normalized spacial score (nSPS) is 17.2. The molecule has 0 aliphatic carbocycles. The van der Waals surface area contributed by atoms with Gasteiger partial charge in [-0.25, -0.2) is 4.68 Å². The summed E-state index contributed by atoms with van der Waals surface area (Å²) in [5.41, 5.74) is 7.50. The van der Waals surface area contributed by atoms with Gasteiger partial charge in [-0.1, -0.05) is 22.9 Å². The van der Waals surface area contributed by atoms with Crippen molar-refractivity contribution in [2.75, 3.05) is 13.1 Å². The molecule has 7 nitrogen and oxygen atoms in total. The lowest BCUT2D eigenvalue weighted by atomic mass is 10.1. The number of carbonyl (C=O) groups is 2. The number of primary amides is 1. The monoisotopic (exact) mass is 347 g/mol. The summed E-state index contributed by atoms with van der Waals surface area (Å²) in [5.74, 6) is -0.675. The highest BCUT2D eigenvalue weighted by molar-refractivity contribution is 6.30. The minimum atomic E-state index is -0.353. The fraction of sp³-hybridized carbons (Fsp3) is 0.375. The van der Waals surface area contributed by atoms with Crippen molar-refractivity contribution in [2.45, 2.75) is 19.8 Å². The number of nitrogens with two attached hydrogens (primary N) is 1. The number of hydrogen-bond acceptors (Lipinski definition) is 4. The van der Waals surface area contributed by atoms with Gasteiger partial charge >= 0.3 is 0 Å². The Hall–Kier alpha value is -2.41. The predicted molar refractivity (Wildman–Crippen MR) is 88.7 cm³/mol. The molecule has 0 bridgehead atoms. The zero-order chi connectivity index (χ0) is 17.3. The van der Waals surface area contributed by atoms with Crippen LogP contribution in [0.4, 0.5) is 0 Å². The van der Waals surface area contributed by atoms with Crippen LogP contribution in [0.5, 0.6) is 0 Å². The minimum Gasteiger partial charge on any atom is -0.369 e. The lowest BCUT2D eigenvalue weighted by Crippen LogP contribution is -2.32. The second-order valence-corrected chi connectivity index (χ2v) is 6.35. The van der Waals surface area contributed by atoms with Gasteiger partial charge in [0.25, 0.3) is 0 Å². The Morgan fingerprint density at radius 1 is 1.42 bits per heavy atom. The van der Waals surface area contributed by atoms with Crippen molar-refractivity contribution in [1.82, 2.24) is 19.9 Å². The summed E-state index contributed by atoms with van der Waals surface area (Å²) in [6.45, 7) is 2.79. The molecule has 1 atom stereocenters. The van der Waals surface area contributed by atoms with Gasteiger partial charge in [-0.05, 0) is 31.5 Å². The Morgan fingerprint density at radius 2 is 2.21 bits per heavy atom. The van der Waals surface area contributed by atoms with Crippen LogP contribution in [0.1, 0.15) is 17.8 Å². The van der Waals surface area contributed by atoms with Crippen LogP contribution in [0, 0.1) is 12.8 Å². The Labute approximate surface area is 144 Å². The summed E-state index contributed by atoms with van der Waals surface area (Å²) in [7, 11) is 0. The number of amides is 2. The van der Waals surface area contributed by atoms with Gasteiger partial charge in [-0.2, -0.15) is 0 Å². The first-order valence-electron chi connectivity index (χ1n) is 7.70. The third-order valence-electron chi connectivity index (χ3n) is 4.30. The van der Waals surface area contributed by atoms with Crippen molar-refractivity contribution in [3.05, 3.63) is 40.7 Å². The Morgan fingerprint density at radius 3 is 2.88 bits per heavy atom. The van der Waals surface area contributed by atoms with E-state index < -0.39 is 0 Å². The molecule has 1 aliphatic rings. The van der Waals surface area contributed by atoms with E-state index in [0.29, 0.717) is 30.2 Å². The Balaban J connectivity index is 1.73. The standard InChI is InChI=1S/C16H18ClN5O2/c1-10-14(8-15(23)21-6-5-11(9-21)16(18)24)19-20-22(10)13-4-2-3-12(17)7-13/h2-4,7,11H,5-6,8-9H2,1H3,(H2,18,24). The largest absolute Gasteiger partial charge is 0.369 e. The van der Waals surface area contributed by atoms with Crippen LogP contribution in [-0.4, -0.2) is 44.8 Å². The van der Waals surface area contributed by atoms with Gasteiger partial charge in [0, 0.05) is 18.1 Å². The summed E-state index contributed by atoms with van der Waals surface area (Å²) >= 11 is 6.00. The maximum absolute atomic E-state index is 12.4. The van der Waals surface area contributed by atoms with Crippen LogP contribution in [0.3, 0.4) is 0 Å². The molecule has 1 aromatic heterocycles. The van der Waals surface area contributed by atoms with E-state index in [2.05, 4.69) is 10.3 Å². The molecule has 1 unspecified atom stereocenters. The molecule has 2 heterocycles. The average molecular weight is 348 g/mol. The van der Waals surface area contributed by atoms with E-state index in [1.165, 1.54) is 0 Å². The van der Waals surface area contributed by atoms with Gasteiger partial charge < -0.3 is 10.6 Å². The SMILES string of the molecule is Cc1c(CC(=O)N2CCC(C(N)=O)C2)nnn1-c1cccc(Cl)c1. The molecule has 2 aromatic rings. The van der Waals surface area contributed by atoms with Crippen molar-refractivity contribution in [2.24, 2.45) is 11.7 Å². The second-order valence-electron chi connectivity index (χ2n) is 5.92. The van der Waals surface area contributed by atoms with Crippen LogP contribution in [-0.2, 0) is 16.0 Å². The number of rotatable bonds is 4. The molecule has 8 heteroatoms. The zero-order valence-corrected chi connectivity index (χ0v) is 14.0. The first kappa shape index (κ1) is 16.4. The van der Waals surface area contributed by atoms with E-state index in [1.54, 1.807) is 21.7 Å². The minimum absolute atomic E-state index is 0.0694. The zero-order valence-electron chi connectivity index (χ0n) is 13.3. The van der Waals surface area contributed by atoms with Crippen molar-refractivity contribution in [3.63, 3.8) is 0 Å². The van der Waals surface area contributed by atoms with Crippen LogP contribution in [0.25, 0.3) is 5.69 Å². The second kappa shape index (κ2) is 6.60. The number of halogens is 1. The fourth-order valence-corrected chi connectivity index (χ4v) is 3.04. The van der Waals surface area contributed by atoms with Crippen molar-refractivity contribution in [1.29, 1.82) is 0 Å². The molecule has 0 spiro atoms. The third kappa shape index (κ3) is 3.26. The maximum Gasteiger partial charge on any atom is 0.228 e. The summed E-state index contributed by atoms with van der Waals surface area (Å²) < 4.78 is 1.66. The highest BCUT2D eigenvalue weighted by Crippen LogP contribution is 2.19. The number of likely N-dealkylation sites (tertiary alicyclic amines) is 1. The summed E-state index contributed by atoms with van der Waals surface area (Å²) in [4.78, 5) is 25.3. The number of benzene rings is 1. The predicted octanol–water partition coefficient (Wildman–Crippen LogP) is 1.11. The lowest BCUT2D eigenvalue weighted by molar-refractivity contribution is -0.129. The summed E-state index contributed by atoms with van der Waals surface area (Å²) in [6.07, 6.45) is 0.771. The first-order valence-corrected chi connectivity index (χ1v) is 8.07. The molecule has 1 aromatic carbocycles.